The molecule has 0 saturated carbocycles. The third kappa shape index (κ3) is 6.55. The normalized spacial score (nSPS) is 16.8. The lowest BCUT2D eigenvalue weighted by atomic mass is 9.95. The minimum atomic E-state index is 0.519. The highest BCUT2D eigenvalue weighted by Crippen LogP contribution is 2.30. The van der Waals surface area contributed by atoms with Crippen molar-refractivity contribution in [3.8, 4) is 11.1 Å². The van der Waals surface area contributed by atoms with Gasteiger partial charge in [0, 0.05) is 50.9 Å². The Morgan fingerprint density at radius 3 is 2.10 bits per heavy atom. The van der Waals surface area contributed by atoms with Gasteiger partial charge in [0.05, 0.1) is 6.61 Å². The molecule has 3 rings (SSSR count). The first-order valence-corrected chi connectivity index (χ1v) is 11.4. The van der Waals surface area contributed by atoms with Crippen molar-refractivity contribution in [1.82, 2.24) is 9.80 Å². The molecular formula is C25H35ClN2O. The van der Waals surface area contributed by atoms with Gasteiger partial charge >= 0.3 is 0 Å². The van der Waals surface area contributed by atoms with Gasteiger partial charge in [0.2, 0.25) is 0 Å². The summed E-state index contributed by atoms with van der Waals surface area (Å²) in [6.07, 6.45) is 5.12. The molecule has 2 aromatic carbocycles. The van der Waals surface area contributed by atoms with Crippen LogP contribution in [0, 0.1) is 0 Å². The highest BCUT2D eigenvalue weighted by atomic mass is 35.5. The van der Waals surface area contributed by atoms with Crippen molar-refractivity contribution in [2.75, 3.05) is 46.4 Å². The lowest BCUT2D eigenvalue weighted by Gasteiger charge is -2.39. The fraction of sp³-hybridized carbons (Fsp3) is 0.520. The van der Waals surface area contributed by atoms with Gasteiger partial charge in [0.1, 0.15) is 0 Å². The molecule has 0 radical (unpaired) electrons. The van der Waals surface area contributed by atoms with Crippen molar-refractivity contribution in [2.24, 2.45) is 0 Å². The molecule has 1 aliphatic heterocycles. The Kier molecular flexibility index (Phi) is 9.00. The van der Waals surface area contributed by atoms with E-state index in [1.807, 2.05) is 12.1 Å². The molecule has 1 aliphatic rings. The summed E-state index contributed by atoms with van der Waals surface area (Å²) >= 11 is 6.03. The van der Waals surface area contributed by atoms with Crippen LogP contribution in [0.1, 0.15) is 44.2 Å². The Hall–Kier alpha value is -1.39. The maximum Gasteiger partial charge on any atom is 0.0589 e. The van der Waals surface area contributed by atoms with Gasteiger partial charge in [-0.15, -0.1) is 0 Å². The third-order valence-corrected chi connectivity index (χ3v) is 6.27. The fourth-order valence-corrected chi connectivity index (χ4v) is 4.33. The van der Waals surface area contributed by atoms with E-state index in [2.05, 4.69) is 53.1 Å². The second kappa shape index (κ2) is 11.7. The maximum absolute atomic E-state index is 6.03. The molecule has 29 heavy (non-hydrogen) atoms. The Labute approximate surface area is 181 Å². The second-order valence-electron chi connectivity index (χ2n) is 8.01. The van der Waals surface area contributed by atoms with Crippen LogP contribution in [0.5, 0.6) is 0 Å². The summed E-state index contributed by atoms with van der Waals surface area (Å²) < 4.78 is 5.25. The van der Waals surface area contributed by atoms with Gasteiger partial charge in [-0.05, 0) is 35.2 Å². The molecule has 1 saturated heterocycles. The largest absolute Gasteiger partial charge is 0.383 e. The van der Waals surface area contributed by atoms with Crippen LogP contribution < -0.4 is 0 Å². The first-order valence-electron chi connectivity index (χ1n) is 11.0. The quantitative estimate of drug-likeness (QED) is 0.450. The Morgan fingerprint density at radius 1 is 0.897 bits per heavy atom. The van der Waals surface area contributed by atoms with Gasteiger partial charge in [-0.3, -0.25) is 9.80 Å². The Bertz CT molecular complexity index is 709. The van der Waals surface area contributed by atoms with Crippen LogP contribution >= 0.6 is 11.6 Å². The van der Waals surface area contributed by atoms with Gasteiger partial charge < -0.3 is 4.74 Å². The number of hydrogen-bond donors (Lipinski definition) is 0. The molecule has 0 amide bonds. The summed E-state index contributed by atoms with van der Waals surface area (Å²) in [6, 6.07) is 17.8. The second-order valence-corrected chi connectivity index (χ2v) is 8.45. The number of benzene rings is 2. The molecule has 1 fully saturated rings. The van der Waals surface area contributed by atoms with E-state index in [-0.39, 0.29) is 0 Å². The monoisotopic (exact) mass is 414 g/mol. The zero-order valence-corrected chi connectivity index (χ0v) is 18.7. The fourth-order valence-electron chi connectivity index (χ4n) is 4.21. The van der Waals surface area contributed by atoms with Crippen molar-refractivity contribution in [3.05, 3.63) is 59.1 Å². The van der Waals surface area contributed by atoms with Crippen molar-refractivity contribution in [1.29, 1.82) is 0 Å². The van der Waals surface area contributed by atoms with Gasteiger partial charge in [-0.1, -0.05) is 74.2 Å². The summed E-state index contributed by atoms with van der Waals surface area (Å²) in [5, 5.41) is 0.783. The van der Waals surface area contributed by atoms with Crippen LogP contribution in [0.3, 0.4) is 0 Å². The smallest absolute Gasteiger partial charge is 0.0589 e. The number of methoxy groups -OCH3 is 1. The summed E-state index contributed by atoms with van der Waals surface area (Å²) in [5.74, 6) is 0. The molecule has 1 atom stereocenters. The lowest BCUT2D eigenvalue weighted by molar-refractivity contribution is 0.0709. The van der Waals surface area contributed by atoms with E-state index >= 15 is 0 Å². The van der Waals surface area contributed by atoms with E-state index < -0.39 is 0 Å². The molecule has 1 heterocycles. The first-order chi connectivity index (χ1) is 14.2. The molecule has 1 unspecified atom stereocenters. The zero-order valence-electron chi connectivity index (χ0n) is 17.9. The van der Waals surface area contributed by atoms with E-state index in [0.29, 0.717) is 6.04 Å². The van der Waals surface area contributed by atoms with E-state index in [4.69, 9.17) is 16.3 Å². The van der Waals surface area contributed by atoms with Crippen LogP contribution in [0.4, 0.5) is 0 Å². The molecule has 158 valence electrons. The number of rotatable bonds is 10. The number of hydrogen-bond acceptors (Lipinski definition) is 3. The van der Waals surface area contributed by atoms with Crippen LogP contribution in [-0.4, -0.2) is 56.2 Å². The number of ether oxygens (including phenoxy) is 1. The van der Waals surface area contributed by atoms with E-state index in [1.165, 1.54) is 42.4 Å². The number of unbranched alkanes of at least 4 members (excludes halogenated alkanes) is 2. The molecule has 0 aromatic heterocycles. The minimum Gasteiger partial charge on any atom is -0.383 e. The molecule has 0 spiro atoms. The predicted octanol–water partition coefficient (Wildman–Crippen LogP) is 5.89. The van der Waals surface area contributed by atoms with Crippen LogP contribution in [0.2, 0.25) is 5.02 Å². The Morgan fingerprint density at radius 2 is 1.52 bits per heavy atom. The lowest BCUT2D eigenvalue weighted by Crippen LogP contribution is -2.48. The SMILES string of the molecule is CCCCCC(c1ccc(-c2ccc(Cl)cc2)cc1)N1CCN(CCOC)CC1. The molecule has 0 aliphatic carbocycles. The van der Waals surface area contributed by atoms with Gasteiger partial charge in [-0.25, -0.2) is 0 Å². The molecule has 0 bridgehead atoms. The molecule has 0 N–H and O–H groups in total. The third-order valence-electron chi connectivity index (χ3n) is 6.01. The maximum atomic E-state index is 6.03. The van der Waals surface area contributed by atoms with Crippen molar-refractivity contribution >= 4 is 11.6 Å². The number of piperazine rings is 1. The van der Waals surface area contributed by atoms with Crippen molar-refractivity contribution in [3.63, 3.8) is 0 Å². The van der Waals surface area contributed by atoms with Gasteiger partial charge in [-0.2, -0.15) is 0 Å². The van der Waals surface area contributed by atoms with Crippen molar-refractivity contribution in [2.45, 2.75) is 38.6 Å². The standard InChI is InChI=1S/C25H35ClN2O/c1-3-4-5-6-25(28-17-15-27(16-18-28)19-20-29-2)23-9-7-21(8-10-23)22-11-13-24(26)14-12-22/h7-14,25H,3-6,15-20H2,1-2H3. The predicted molar refractivity (Wildman–Crippen MR) is 124 cm³/mol. The highest BCUT2D eigenvalue weighted by molar-refractivity contribution is 6.30. The summed E-state index contributed by atoms with van der Waals surface area (Å²) in [4.78, 5) is 5.21. The highest BCUT2D eigenvalue weighted by Gasteiger charge is 2.24. The van der Waals surface area contributed by atoms with E-state index in [9.17, 15) is 0 Å². The number of halogens is 1. The molecule has 3 nitrogen and oxygen atoms in total. The summed E-state index contributed by atoms with van der Waals surface area (Å²) in [7, 11) is 1.79. The topological polar surface area (TPSA) is 15.7 Å². The average Bonchev–Trinajstić information content (AvgIpc) is 2.77. The first kappa shape index (κ1) is 22.3. The van der Waals surface area contributed by atoms with E-state index in [0.717, 1.165) is 44.4 Å². The van der Waals surface area contributed by atoms with Crippen LogP contribution in [-0.2, 0) is 4.74 Å². The minimum absolute atomic E-state index is 0.519. The zero-order chi connectivity index (χ0) is 20.5. The van der Waals surface area contributed by atoms with E-state index in [1.54, 1.807) is 7.11 Å². The average molecular weight is 415 g/mol. The molecular weight excluding hydrogens is 380 g/mol. The van der Waals surface area contributed by atoms with Crippen LogP contribution in [0.25, 0.3) is 11.1 Å². The molecule has 4 heteroatoms. The van der Waals surface area contributed by atoms with Gasteiger partial charge in [0.15, 0.2) is 0 Å². The van der Waals surface area contributed by atoms with Crippen molar-refractivity contribution < 1.29 is 4.74 Å². The van der Waals surface area contributed by atoms with Gasteiger partial charge in [0.25, 0.3) is 0 Å². The van der Waals surface area contributed by atoms with Crippen LogP contribution in [0.15, 0.2) is 48.5 Å². The number of nitrogens with zero attached hydrogens (tertiary/aromatic N) is 2. The Balaban J connectivity index is 1.68. The summed E-state index contributed by atoms with van der Waals surface area (Å²) in [5.41, 5.74) is 3.92. The molecule has 2 aromatic rings. The summed E-state index contributed by atoms with van der Waals surface area (Å²) in [6.45, 7) is 8.70.